The van der Waals surface area contributed by atoms with Crippen LogP contribution in [0.3, 0.4) is 0 Å². The van der Waals surface area contributed by atoms with Crippen LogP contribution in [0.5, 0.6) is 5.75 Å². The molecule has 0 aliphatic rings. The SMILES string of the molecule is CCN(CC)CCn1cc(NC(=O)COc2ccccc2Cc2ccccc2)cn1. The van der Waals surface area contributed by atoms with Crippen LogP contribution in [0, 0.1) is 0 Å². The van der Waals surface area contributed by atoms with Gasteiger partial charge in [0.2, 0.25) is 0 Å². The smallest absolute Gasteiger partial charge is 0.262 e. The Morgan fingerprint density at radius 1 is 1.07 bits per heavy atom. The number of rotatable bonds is 11. The summed E-state index contributed by atoms with van der Waals surface area (Å²) >= 11 is 0. The van der Waals surface area contributed by atoms with E-state index in [4.69, 9.17) is 4.74 Å². The highest BCUT2D eigenvalue weighted by molar-refractivity contribution is 5.91. The molecule has 30 heavy (non-hydrogen) atoms. The summed E-state index contributed by atoms with van der Waals surface area (Å²) in [5.74, 6) is 0.527. The number of likely N-dealkylation sites (N-methyl/N-ethyl adjacent to an activating group) is 1. The highest BCUT2D eigenvalue weighted by Gasteiger charge is 2.09. The molecule has 0 saturated heterocycles. The highest BCUT2D eigenvalue weighted by atomic mass is 16.5. The van der Waals surface area contributed by atoms with Gasteiger partial charge >= 0.3 is 0 Å². The molecule has 0 spiro atoms. The molecule has 0 atom stereocenters. The molecule has 0 aliphatic carbocycles. The van der Waals surface area contributed by atoms with E-state index in [0.717, 1.165) is 43.9 Å². The first-order valence-electron chi connectivity index (χ1n) is 10.5. The summed E-state index contributed by atoms with van der Waals surface area (Å²) in [7, 11) is 0. The van der Waals surface area contributed by atoms with Crippen LogP contribution in [0.2, 0.25) is 0 Å². The van der Waals surface area contributed by atoms with Gasteiger partial charge in [0, 0.05) is 19.2 Å². The summed E-state index contributed by atoms with van der Waals surface area (Å²) in [6.07, 6.45) is 4.28. The lowest BCUT2D eigenvalue weighted by Gasteiger charge is -2.17. The summed E-state index contributed by atoms with van der Waals surface area (Å²) < 4.78 is 7.66. The zero-order valence-corrected chi connectivity index (χ0v) is 17.8. The van der Waals surface area contributed by atoms with E-state index in [9.17, 15) is 4.79 Å². The van der Waals surface area contributed by atoms with E-state index in [1.807, 2.05) is 53.3 Å². The molecule has 6 heteroatoms. The number of hydrogen-bond acceptors (Lipinski definition) is 4. The number of benzene rings is 2. The molecule has 0 radical (unpaired) electrons. The van der Waals surface area contributed by atoms with Crippen LogP contribution in [-0.2, 0) is 17.8 Å². The van der Waals surface area contributed by atoms with Gasteiger partial charge in [-0.25, -0.2) is 0 Å². The third-order valence-corrected chi connectivity index (χ3v) is 5.03. The number of nitrogens with zero attached hydrogens (tertiary/aromatic N) is 3. The molecule has 0 bridgehead atoms. The van der Waals surface area contributed by atoms with Gasteiger partial charge in [-0.1, -0.05) is 62.4 Å². The van der Waals surface area contributed by atoms with Gasteiger partial charge in [-0.3, -0.25) is 9.48 Å². The van der Waals surface area contributed by atoms with Gasteiger partial charge in [0.25, 0.3) is 5.91 Å². The van der Waals surface area contributed by atoms with Crippen molar-refractivity contribution < 1.29 is 9.53 Å². The van der Waals surface area contributed by atoms with Gasteiger partial charge in [0.05, 0.1) is 18.4 Å². The van der Waals surface area contributed by atoms with Crippen LogP contribution in [0.25, 0.3) is 0 Å². The van der Waals surface area contributed by atoms with Crippen molar-refractivity contribution >= 4 is 11.6 Å². The number of carbonyl (C=O) groups is 1. The maximum absolute atomic E-state index is 12.3. The maximum atomic E-state index is 12.3. The molecule has 158 valence electrons. The van der Waals surface area contributed by atoms with Crippen molar-refractivity contribution in [2.75, 3.05) is 31.6 Å². The number of hydrogen-bond donors (Lipinski definition) is 1. The van der Waals surface area contributed by atoms with E-state index in [-0.39, 0.29) is 12.5 Å². The Hall–Kier alpha value is -3.12. The number of nitrogens with one attached hydrogen (secondary N) is 1. The summed E-state index contributed by atoms with van der Waals surface area (Å²) in [5, 5.41) is 7.18. The molecule has 3 rings (SSSR count). The first-order chi connectivity index (χ1) is 14.7. The molecular weight excluding hydrogens is 376 g/mol. The second-order valence-corrected chi connectivity index (χ2v) is 7.13. The largest absolute Gasteiger partial charge is 0.483 e. The highest BCUT2D eigenvalue weighted by Crippen LogP contribution is 2.21. The number of anilines is 1. The topological polar surface area (TPSA) is 59.4 Å². The summed E-state index contributed by atoms with van der Waals surface area (Å²) in [6.45, 7) is 8.02. The van der Waals surface area contributed by atoms with E-state index in [2.05, 4.69) is 41.3 Å². The van der Waals surface area contributed by atoms with Crippen molar-refractivity contribution in [3.05, 3.63) is 78.1 Å². The molecule has 1 heterocycles. The van der Waals surface area contributed by atoms with Gasteiger partial charge in [-0.15, -0.1) is 0 Å². The fourth-order valence-corrected chi connectivity index (χ4v) is 3.28. The van der Waals surface area contributed by atoms with Gasteiger partial charge in [-0.2, -0.15) is 5.10 Å². The van der Waals surface area contributed by atoms with E-state index in [1.165, 1.54) is 5.56 Å². The summed E-state index contributed by atoms with van der Waals surface area (Å²) in [6, 6.07) is 18.0. The Morgan fingerprint density at radius 2 is 1.80 bits per heavy atom. The third kappa shape index (κ3) is 6.46. The molecule has 2 aromatic carbocycles. The van der Waals surface area contributed by atoms with Crippen LogP contribution >= 0.6 is 0 Å². The third-order valence-electron chi connectivity index (χ3n) is 5.03. The number of para-hydroxylation sites is 1. The normalized spacial score (nSPS) is 10.9. The summed E-state index contributed by atoms with van der Waals surface area (Å²) in [4.78, 5) is 14.7. The van der Waals surface area contributed by atoms with Crippen molar-refractivity contribution in [2.45, 2.75) is 26.8 Å². The molecule has 1 N–H and O–H groups in total. The number of carbonyl (C=O) groups excluding carboxylic acids is 1. The quantitative estimate of drug-likeness (QED) is 0.526. The Bertz CT molecular complexity index is 920. The van der Waals surface area contributed by atoms with E-state index in [0.29, 0.717) is 5.69 Å². The molecule has 0 unspecified atom stereocenters. The zero-order valence-electron chi connectivity index (χ0n) is 17.8. The standard InChI is InChI=1S/C24H30N4O2/c1-3-27(4-2)14-15-28-18-22(17-25-28)26-24(29)19-30-23-13-9-8-12-21(23)16-20-10-6-5-7-11-20/h5-13,17-18H,3-4,14-16,19H2,1-2H3,(H,26,29). The van der Waals surface area contributed by atoms with Crippen LogP contribution in [-0.4, -0.2) is 46.8 Å². The van der Waals surface area contributed by atoms with Gasteiger partial charge in [0.15, 0.2) is 6.61 Å². The molecule has 0 aliphatic heterocycles. The van der Waals surface area contributed by atoms with Crippen molar-refractivity contribution in [2.24, 2.45) is 0 Å². The van der Waals surface area contributed by atoms with Crippen molar-refractivity contribution in [1.82, 2.24) is 14.7 Å². The van der Waals surface area contributed by atoms with Gasteiger partial charge in [-0.05, 0) is 30.3 Å². The second-order valence-electron chi connectivity index (χ2n) is 7.13. The van der Waals surface area contributed by atoms with E-state index >= 15 is 0 Å². The minimum atomic E-state index is -0.201. The maximum Gasteiger partial charge on any atom is 0.262 e. The van der Waals surface area contributed by atoms with Crippen molar-refractivity contribution in [3.8, 4) is 5.75 Å². The predicted molar refractivity (Wildman–Crippen MR) is 120 cm³/mol. The molecular formula is C24H30N4O2. The molecule has 1 aromatic heterocycles. The lowest BCUT2D eigenvalue weighted by Crippen LogP contribution is -2.27. The van der Waals surface area contributed by atoms with Crippen LogP contribution in [0.4, 0.5) is 5.69 Å². The first kappa shape index (κ1) is 21.6. The Morgan fingerprint density at radius 3 is 2.57 bits per heavy atom. The predicted octanol–water partition coefficient (Wildman–Crippen LogP) is 3.83. The fraction of sp³-hybridized carbons (Fsp3) is 0.333. The lowest BCUT2D eigenvalue weighted by molar-refractivity contribution is -0.118. The molecule has 3 aromatic rings. The summed E-state index contributed by atoms with van der Waals surface area (Å²) in [5.41, 5.74) is 2.94. The van der Waals surface area contributed by atoms with Gasteiger partial charge in [0.1, 0.15) is 5.75 Å². The Balaban J connectivity index is 1.51. The molecule has 6 nitrogen and oxygen atoms in total. The second kappa shape index (κ2) is 11.2. The van der Waals surface area contributed by atoms with Crippen LogP contribution in [0.1, 0.15) is 25.0 Å². The fourth-order valence-electron chi connectivity index (χ4n) is 3.28. The zero-order chi connectivity index (χ0) is 21.2. The first-order valence-corrected chi connectivity index (χ1v) is 10.5. The Kier molecular flexibility index (Phi) is 8.03. The van der Waals surface area contributed by atoms with Crippen molar-refractivity contribution in [3.63, 3.8) is 0 Å². The van der Waals surface area contributed by atoms with Crippen LogP contribution < -0.4 is 10.1 Å². The van der Waals surface area contributed by atoms with Gasteiger partial charge < -0.3 is 15.0 Å². The number of amides is 1. The van der Waals surface area contributed by atoms with Crippen molar-refractivity contribution in [1.29, 1.82) is 0 Å². The monoisotopic (exact) mass is 406 g/mol. The molecule has 0 saturated carbocycles. The Labute approximate surface area is 178 Å². The minimum Gasteiger partial charge on any atom is -0.483 e. The van der Waals surface area contributed by atoms with E-state index < -0.39 is 0 Å². The lowest BCUT2D eigenvalue weighted by atomic mass is 10.0. The molecule has 1 amide bonds. The van der Waals surface area contributed by atoms with Crippen LogP contribution in [0.15, 0.2) is 67.0 Å². The number of ether oxygens (including phenoxy) is 1. The average Bonchev–Trinajstić information content (AvgIpc) is 3.22. The number of aromatic nitrogens is 2. The molecule has 0 fully saturated rings. The van der Waals surface area contributed by atoms with E-state index in [1.54, 1.807) is 6.20 Å². The average molecular weight is 407 g/mol. The minimum absolute atomic E-state index is 0.0452.